The van der Waals surface area contributed by atoms with Crippen LogP contribution in [0.2, 0.25) is 0 Å². The summed E-state index contributed by atoms with van der Waals surface area (Å²) in [7, 11) is 0. The van der Waals surface area contributed by atoms with Gasteiger partial charge in [-0.3, -0.25) is 14.5 Å². The summed E-state index contributed by atoms with van der Waals surface area (Å²) in [5.74, 6) is -0.475. The van der Waals surface area contributed by atoms with E-state index in [1.807, 2.05) is 32.0 Å². The van der Waals surface area contributed by atoms with E-state index in [1.54, 1.807) is 12.1 Å². The number of ketones is 1. The van der Waals surface area contributed by atoms with Crippen molar-refractivity contribution in [1.29, 1.82) is 0 Å². The standard InChI is InChI=1S/C24H29FN2O3/c1-17-3-4-20(15-18(17)2)23(28)9-10-24(29)26-16-22(27-11-13-30-14-12-27)19-5-7-21(25)8-6-19/h3-8,15,22H,9-14,16H2,1-2H3,(H,26,29). The number of rotatable bonds is 8. The number of ether oxygens (including phenoxy) is 1. The van der Waals surface area contributed by atoms with Crippen LogP contribution in [0, 0.1) is 19.7 Å². The molecule has 30 heavy (non-hydrogen) atoms. The van der Waals surface area contributed by atoms with Gasteiger partial charge in [0, 0.05) is 38.0 Å². The molecule has 6 heteroatoms. The van der Waals surface area contributed by atoms with Gasteiger partial charge in [-0.1, -0.05) is 24.3 Å². The Labute approximate surface area is 177 Å². The second kappa shape index (κ2) is 10.5. The summed E-state index contributed by atoms with van der Waals surface area (Å²) in [6.45, 7) is 7.16. The Morgan fingerprint density at radius 3 is 2.40 bits per heavy atom. The molecule has 1 fully saturated rings. The van der Waals surface area contributed by atoms with Gasteiger partial charge in [0.25, 0.3) is 0 Å². The first-order valence-corrected chi connectivity index (χ1v) is 10.4. The highest BCUT2D eigenvalue weighted by molar-refractivity contribution is 5.98. The highest BCUT2D eigenvalue weighted by Crippen LogP contribution is 2.22. The van der Waals surface area contributed by atoms with Gasteiger partial charge in [0.2, 0.25) is 5.91 Å². The van der Waals surface area contributed by atoms with E-state index in [0.29, 0.717) is 25.3 Å². The Kier molecular flexibility index (Phi) is 7.71. The average Bonchev–Trinajstić information content (AvgIpc) is 2.76. The molecule has 1 amide bonds. The van der Waals surface area contributed by atoms with Gasteiger partial charge in [-0.15, -0.1) is 0 Å². The Morgan fingerprint density at radius 2 is 1.73 bits per heavy atom. The molecule has 3 rings (SSSR count). The van der Waals surface area contributed by atoms with Crippen molar-refractivity contribution in [2.45, 2.75) is 32.7 Å². The maximum atomic E-state index is 13.3. The minimum Gasteiger partial charge on any atom is -0.379 e. The van der Waals surface area contributed by atoms with E-state index in [9.17, 15) is 14.0 Å². The lowest BCUT2D eigenvalue weighted by Gasteiger charge is -2.35. The zero-order valence-corrected chi connectivity index (χ0v) is 17.6. The number of hydrogen-bond donors (Lipinski definition) is 1. The van der Waals surface area contributed by atoms with Crippen LogP contribution < -0.4 is 5.32 Å². The lowest BCUT2D eigenvalue weighted by molar-refractivity contribution is -0.121. The number of Topliss-reactive ketones (excluding diaryl/α,β-unsaturated/α-hetero) is 1. The number of nitrogens with one attached hydrogen (secondary N) is 1. The second-order valence-corrected chi connectivity index (χ2v) is 7.74. The molecule has 0 radical (unpaired) electrons. The number of carbonyl (C=O) groups excluding carboxylic acids is 2. The smallest absolute Gasteiger partial charge is 0.220 e. The summed E-state index contributed by atoms with van der Waals surface area (Å²) in [5.41, 5.74) is 3.80. The minimum atomic E-state index is -0.284. The van der Waals surface area contributed by atoms with Crippen molar-refractivity contribution in [2.75, 3.05) is 32.8 Å². The molecule has 1 saturated heterocycles. The largest absolute Gasteiger partial charge is 0.379 e. The third-order valence-electron chi connectivity index (χ3n) is 5.64. The zero-order chi connectivity index (χ0) is 21.5. The van der Waals surface area contributed by atoms with Crippen molar-refractivity contribution in [2.24, 2.45) is 0 Å². The third-order valence-corrected chi connectivity index (χ3v) is 5.64. The normalized spacial score (nSPS) is 15.6. The van der Waals surface area contributed by atoms with E-state index in [1.165, 1.54) is 12.1 Å². The molecule has 2 aromatic carbocycles. The molecule has 1 aliphatic heterocycles. The minimum absolute atomic E-state index is 0.0310. The number of nitrogens with zero attached hydrogens (tertiary/aromatic N) is 1. The van der Waals surface area contributed by atoms with Crippen LogP contribution >= 0.6 is 0 Å². The van der Waals surface area contributed by atoms with Crippen LogP contribution in [-0.2, 0) is 9.53 Å². The van der Waals surface area contributed by atoms with Crippen molar-refractivity contribution in [3.8, 4) is 0 Å². The van der Waals surface area contributed by atoms with E-state index < -0.39 is 0 Å². The van der Waals surface area contributed by atoms with Crippen LogP contribution in [0.15, 0.2) is 42.5 Å². The van der Waals surface area contributed by atoms with E-state index >= 15 is 0 Å². The van der Waals surface area contributed by atoms with Gasteiger partial charge in [0.05, 0.1) is 19.3 Å². The first kappa shape index (κ1) is 22.1. The quantitative estimate of drug-likeness (QED) is 0.673. The van der Waals surface area contributed by atoms with Gasteiger partial charge in [0.15, 0.2) is 5.78 Å². The number of amides is 1. The summed E-state index contributed by atoms with van der Waals surface area (Å²) in [4.78, 5) is 27.1. The fraction of sp³-hybridized carbons (Fsp3) is 0.417. The van der Waals surface area contributed by atoms with Crippen molar-refractivity contribution in [3.05, 3.63) is 70.5 Å². The number of morpholine rings is 1. The van der Waals surface area contributed by atoms with E-state index in [0.717, 1.165) is 29.8 Å². The van der Waals surface area contributed by atoms with Crippen molar-refractivity contribution >= 4 is 11.7 Å². The van der Waals surface area contributed by atoms with Gasteiger partial charge in [0.1, 0.15) is 5.82 Å². The van der Waals surface area contributed by atoms with Crippen molar-refractivity contribution in [1.82, 2.24) is 10.2 Å². The summed E-state index contributed by atoms with van der Waals surface area (Å²) in [6, 6.07) is 11.9. The topological polar surface area (TPSA) is 58.6 Å². The lowest BCUT2D eigenvalue weighted by Crippen LogP contribution is -2.43. The van der Waals surface area contributed by atoms with E-state index in [2.05, 4.69) is 10.2 Å². The van der Waals surface area contributed by atoms with Crippen LogP contribution in [0.1, 0.15) is 45.9 Å². The Hall–Kier alpha value is -2.57. The fourth-order valence-corrected chi connectivity index (χ4v) is 3.62. The van der Waals surface area contributed by atoms with Crippen LogP contribution in [0.5, 0.6) is 0 Å². The summed E-state index contributed by atoms with van der Waals surface area (Å²) >= 11 is 0. The molecule has 0 saturated carbocycles. The lowest BCUT2D eigenvalue weighted by atomic mass is 10.0. The molecule has 5 nitrogen and oxygen atoms in total. The zero-order valence-electron chi connectivity index (χ0n) is 17.6. The first-order chi connectivity index (χ1) is 14.4. The van der Waals surface area contributed by atoms with Crippen LogP contribution in [0.4, 0.5) is 4.39 Å². The van der Waals surface area contributed by atoms with E-state index in [4.69, 9.17) is 4.74 Å². The summed E-state index contributed by atoms with van der Waals surface area (Å²) < 4.78 is 18.8. The van der Waals surface area contributed by atoms with Gasteiger partial charge < -0.3 is 10.1 Å². The molecule has 1 aliphatic rings. The van der Waals surface area contributed by atoms with E-state index in [-0.39, 0.29) is 36.4 Å². The maximum absolute atomic E-state index is 13.3. The Morgan fingerprint density at radius 1 is 1.03 bits per heavy atom. The highest BCUT2D eigenvalue weighted by atomic mass is 19.1. The van der Waals surface area contributed by atoms with Gasteiger partial charge in [-0.05, 0) is 48.7 Å². The van der Waals surface area contributed by atoms with Crippen LogP contribution in [-0.4, -0.2) is 49.4 Å². The predicted molar refractivity (Wildman–Crippen MR) is 114 cm³/mol. The highest BCUT2D eigenvalue weighted by Gasteiger charge is 2.23. The SMILES string of the molecule is Cc1ccc(C(=O)CCC(=O)NCC(c2ccc(F)cc2)N2CCOCC2)cc1C. The Bertz CT molecular complexity index is 877. The molecule has 1 heterocycles. The number of carbonyl (C=O) groups is 2. The molecule has 0 aliphatic carbocycles. The van der Waals surface area contributed by atoms with Crippen LogP contribution in [0.3, 0.4) is 0 Å². The number of halogens is 1. The Balaban J connectivity index is 1.56. The maximum Gasteiger partial charge on any atom is 0.220 e. The molecule has 0 spiro atoms. The van der Waals surface area contributed by atoms with Crippen molar-refractivity contribution < 1.29 is 18.7 Å². The monoisotopic (exact) mass is 412 g/mol. The molecular formula is C24H29FN2O3. The molecular weight excluding hydrogens is 383 g/mol. The second-order valence-electron chi connectivity index (χ2n) is 7.74. The number of hydrogen-bond acceptors (Lipinski definition) is 4. The van der Waals surface area contributed by atoms with Crippen molar-refractivity contribution in [3.63, 3.8) is 0 Å². The molecule has 0 bridgehead atoms. The fourth-order valence-electron chi connectivity index (χ4n) is 3.62. The summed E-state index contributed by atoms with van der Waals surface area (Å²) in [5, 5.41) is 2.95. The number of benzene rings is 2. The molecule has 1 N–H and O–H groups in total. The molecule has 160 valence electrons. The predicted octanol–water partition coefficient (Wildman–Crippen LogP) is 3.60. The average molecular weight is 413 g/mol. The molecule has 1 unspecified atom stereocenters. The summed E-state index contributed by atoms with van der Waals surface area (Å²) in [6.07, 6.45) is 0.318. The molecule has 1 atom stereocenters. The number of aryl methyl sites for hydroxylation is 2. The third kappa shape index (κ3) is 5.97. The molecule has 0 aromatic heterocycles. The first-order valence-electron chi connectivity index (χ1n) is 10.4. The van der Waals surface area contributed by atoms with Gasteiger partial charge in [-0.25, -0.2) is 4.39 Å². The molecule has 2 aromatic rings. The van der Waals surface area contributed by atoms with Crippen LogP contribution in [0.25, 0.3) is 0 Å². The van der Waals surface area contributed by atoms with Gasteiger partial charge >= 0.3 is 0 Å². The van der Waals surface area contributed by atoms with Gasteiger partial charge in [-0.2, -0.15) is 0 Å².